The van der Waals surface area contributed by atoms with Gasteiger partial charge >= 0.3 is 6.18 Å². The molecule has 0 aliphatic carbocycles. The molecule has 15 heteroatoms. The summed E-state index contributed by atoms with van der Waals surface area (Å²) in [4.78, 5) is 29.8. The molecule has 1 aromatic carbocycles. The molecule has 4 rings (SSSR count). The quantitative estimate of drug-likeness (QED) is 0.282. The summed E-state index contributed by atoms with van der Waals surface area (Å²) in [7, 11) is 1.63. The van der Waals surface area contributed by atoms with Crippen LogP contribution in [0.25, 0.3) is 0 Å². The Balaban J connectivity index is 1.52. The summed E-state index contributed by atoms with van der Waals surface area (Å²) < 4.78 is 60.5. The summed E-state index contributed by atoms with van der Waals surface area (Å²) in [6.07, 6.45) is 0.771. The third-order valence-electron chi connectivity index (χ3n) is 7.87. The molecule has 1 fully saturated rings. The number of carbonyl (C=O) groups excluding carboxylic acids is 1. The molecule has 0 saturated carbocycles. The lowest BCUT2D eigenvalue weighted by atomic mass is 10.0. The van der Waals surface area contributed by atoms with E-state index >= 15 is 0 Å². The molecule has 1 saturated heterocycles. The topological polar surface area (TPSA) is 116 Å². The van der Waals surface area contributed by atoms with Gasteiger partial charge in [0.15, 0.2) is 0 Å². The van der Waals surface area contributed by atoms with Crippen molar-refractivity contribution >= 4 is 40.2 Å². The number of rotatable bonds is 12. The van der Waals surface area contributed by atoms with E-state index in [0.717, 1.165) is 25.9 Å². The van der Waals surface area contributed by atoms with Gasteiger partial charge in [-0.15, -0.1) is 0 Å². The molecular weight excluding hydrogens is 609 g/mol. The Kier molecular flexibility index (Phi) is 11.2. The van der Waals surface area contributed by atoms with Crippen LogP contribution in [-0.4, -0.2) is 87.5 Å². The van der Waals surface area contributed by atoms with E-state index in [-0.39, 0.29) is 18.4 Å². The molecule has 1 amide bonds. The standard InChI is InChI=1S/C30H39F3N8O3S/c1-6-40(7-2)22-12-15-41(16-13-22)28(42)20-10-11-24(25(17-20)44-4)37-29-36-19-23(30(31,32)33)26(38-29)35-18-21-9-8-14-34-27(21)39(3)45(5)43/h8-11,14,17,19,22H,6-7,12-13,15-16,18H2,1-5H3,(H2,35,36,37,38). The van der Waals surface area contributed by atoms with Crippen molar-refractivity contribution in [3.63, 3.8) is 0 Å². The normalized spacial score (nSPS) is 14.7. The SMILES string of the molecule is CCN(CC)C1CCN(C(=O)c2ccc(Nc3ncc(C(F)(F)F)c(NCc4cccnc4N(C)S(C)=O)n3)c(OC)c2)CC1. The van der Waals surface area contributed by atoms with Crippen molar-refractivity contribution in [3.05, 3.63) is 59.4 Å². The fourth-order valence-corrected chi connectivity index (χ4v) is 5.75. The lowest BCUT2D eigenvalue weighted by molar-refractivity contribution is -0.137. The molecular formula is C30H39F3N8O3S. The minimum absolute atomic E-state index is 0.0729. The second kappa shape index (κ2) is 14.9. The van der Waals surface area contributed by atoms with Gasteiger partial charge in [0.1, 0.15) is 33.9 Å². The largest absolute Gasteiger partial charge is 0.495 e. The molecule has 1 unspecified atom stereocenters. The van der Waals surface area contributed by atoms with Crippen molar-refractivity contribution in [2.45, 2.75) is 45.5 Å². The number of hydrogen-bond donors (Lipinski definition) is 2. The third-order valence-corrected chi connectivity index (χ3v) is 8.81. The van der Waals surface area contributed by atoms with Crippen LogP contribution in [0.4, 0.5) is 36.4 Å². The maximum Gasteiger partial charge on any atom is 0.421 e. The summed E-state index contributed by atoms with van der Waals surface area (Å²) in [5, 5.41) is 5.66. The molecule has 1 aliphatic rings. The van der Waals surface area contributed by atoms with Crippen LogP contribution < -0.4 is 19.7 Å². The number of amides is 1. The highest BCUT2D eigenvalue weighted by Gasteiger charge is 2.35. The third kappa shape index (κ3) is 8.19. The number of hydrogen-bond acceptors (Lipinski definition) is 9. The van der Waals surface area contributed by atoms with Crippen molar-refractivity contribution in [2.75, 3.05) is 61.5 Å². The number of pyridine rings is 1. The molecule has 2 aromatic heterocycles. The van der Waals surface area contributed by atoms with Crippen LogP contribution in [0, 0.1) is 0 Å². The number of anilines is 4. The molecule has 244 valence electrons. The zero-order valence-corrected chi connectivity index (χ0v) is 26.8. The Bertz CT molecular complexity index is 1500. The van der Waals surface area contributed by atoms with Crippen LogP contribution in [0.1, 0.15) is 48.2 Å². The Hall–Kier alpha value is -3.98. The summed E-state index contributed by atoms with van der Waals surface area (Å²) in [5.74, 6) is 0.00264. The van der Waals surface area contributed by atoms with Gasteiger partial charge in [-0.2, -0.15) is 18.2 Å². The first-order chi connectivity index (χ1) is 21.5. The zero-order chi connectivity index (χ0) is 32.7. The van der Waals surface area contributed by atoms with E-state index in [2.05, 4.69) is 44.3 Å². The van der Waals surface area contributed by atoms with E-state index in [4.69, 9.17) is 4.74 Å². The molecule has 3 heterocycles. The van der Waals surface area contributed by atoms with Crippen LogP contribution in [0.15, 0.2) is 42.7 Å². The molecule has 0 spiro atoms. The Labute approximate surface area is 263 Å². The highest BCUT2D eigenvalue weighted by molar-refractivity contribution is 7.85. The number of likely N-dealkylation sites (tertiary alicyclic amines) is 1. The number of nitrogens with one attached hydrogen (secondary N) is 2. The minimum Gasteiger partial charge on any atom is -0.495 e. The number of aromatic nitrogens is 3. The fourth-order valence-electron chi connectivity index (χ4n) is 5.34. The Morgan fingerprint density at radius 3 is 2.49 bits per heavy atom. The second-order valence-corrected chi connectivity index (χ2v) is 11.9. The van der Waals surface area contributed by atoms with E-state index < -0.39 is 28.5 Å². The molecule has 45 heavy (non-hydrogen) atoms. The number of alkyl halides is 3. The number of piperidine rings is 1. The van der Waals surface area contributed by atoms with Crippen molar-refractivity contribution in [2.24, 2.45) is 0 Å². The molecule has 0 radical (unpaired) electrons. The average Bonchev–Trinajstić information content (AvgIpc) is 3.03. The number of halogens is 3. The van der Waals surface area contributed by atoms with Gasteiger partial charge in [0.05, 0.1) is 12.8 Å². The van der Waals surface area contributed by atoms with E-state index in [9.17, 15) is 22.2 Å². The van der Waals surface area contributed by atoms with Crippen LogP contribution in [0.5, 0.6) is 5.75 Å². The molecule has 2 N–H and O–H groups in total. The van der Waals surface area contributed by atoms with Crippen LogP contribution in [0.3, 0.4) is 0 Å². The van der Waals surface area contributed by atoms with Crippen LogP contribution in [0.2, 0.25) is 0 Å². The molecule has 0 bridgehead atoms. The first kappa shape index (κ1) is 33.9. The van der Waals surface area contributed by atoms with Gasteiger partial charge in [0.2, 0.25) is 5.95 Å². The fraction of sp³-hybridized carbons (Fsp3) is 0.467. The Morgan fingerprint density at radius 2 is 1.87 bits per heavy atom. The van der Waals surface area contributed by atoms with Gasteiger partial charge < -0.3 is 25.2 Å². The number of benzene rings is 1. The smallest absolute Gasteiger partial charge is 0.421 e. The summed E-state index contributed by atoms with van der Waals surface area (Å²) in [5.41, 5.74) is 0.292. The van der Waals surface area contributed by atoms with E-state index in [1.54, 1.807) is 37.4 Å². The van der Waals surface area contributed by atoms with E-state index in [1.165, 1.54) is 23.9 Å². The molecule has 3 aromatic rings. The lowest BCUT2D eigenvalue weighted by Crippen LogP contribution is -2.46. The van der Waals surface area contributed by atoms with E-state index in [1.807, 2.05) is 4.90 Å². The average molecular weight is 649 g/mol. The van der Waals surface area contributed by atoms with Crippen molar-refractivity contribution < 1.29 is 26.9 Å². The number of carbonyl (C=O) groups is 1. The van der Waals surface area contributed by atoms with Crippen LogP contribution >= 0.6 is 0 Å². The molecule has 1 atom stereocenters. The molecule has 11 nitrogen and oxygen atoms in total. The predicted octanol–water partition coefficient (Wildman–Crippen LogP) is 4.93. The monoisotopic (exact) mass is 648 g/mol. The summed E-state index contributed by atoms with van der Waals surface area (Å²) >= 11 is 0. The number of nitrogens with zero attached hydrogens (tertiary/aromatic N) is 6. The predicted molar refractivity (Wildman–Crippen MR) is 169 cm³/mol. The van der Waals surface area contributed by atoms with Gasteiger partial charge in [-0.1, -0.05) is 19.9 Å². The van der Waals surface area contributed by atoms with Gasteiger partial charge in [-0.25, -0.2) is 14.2 Å². The highest BCUT2D eigenvalue weighted by Crippen LogP contribution is 2.35. The summed E-state index contributed by atoms with van der Waals surface area (Å²) in [6.45, 7) is 7.49. The maximum absolute atomic E-state index is 13.9. The Morgan fingerprint density at radius 1 is 1.16 bits per heavy atom. The first-order valence-electron chi connectivity index (χ1n) is 14.6. The van der Waals surface area contributed by atoms with Crippen LogP contribution in [-0.2, 0) is 23.7 Å². The summed E-state index contributed by atoms with van der Waals surface area (Å²) in [6, 6.07) is 8.63. The van der Waals surface area contributed by atoms with Crippen molar-refractivity contribution in [1.82, 2.24) is 24.8 Å². The van der Waals surface area contributed by atoms with Crippen molar-refractivity contribution in [3.8, 4) is 5.75 Å². The maximum atomic E-state index is 13.9. The van der Waals surface area contributed by atoms with E-state index in [0.29, 0.717) is 53.7 Å². The number of methoxy groups -OCH3 is 1. The lowest BCUT2D eigenvalue weighted by Gasteiger charge is -2.37. The van der Waals surface area contributed by atoms with Gasteiger partial charge in [0, 0.05) is 62.5 Å². The van der Waals surface area contributed by atoms with Crippen molar-refractivity contribution in [1.29, 1.82) is 0 Å². The highest BCUT2D eigenvalue weighted by atomic mass is 32.2. The minimum atomic E-state index is -4.72. The second-order valence-electron chi connectivity index (χ2n) is 10.5. The molecule has 1 aliphatic heterocycles. The van der Waals surface area contributed by atoms with Gasteiger partial charge in [-0.05, 0) is 50.2 Å². The zero-order valence-electron chi connectivity index (χ0n) is 26.0. The first-order valence-corrected chi connectivity index (χ1v) is 16.2. The number of ether oxygens (including phenoxy) is 1. The van der Waals surface area contributed by atoms with Gasteiger partial charge in [0.25, 0.3) is 5.91 Å². The van der Waals surface area contributed by atoms with Gasteiger partial charge in [-0.3, -0.25) is 9.10 Å².